The summed E-state index contributed by atoms with van der Waals surface area (Å²) in [6.45, 7) is 4.84. The van der Waals surface area contributed by atoms with Crippen LogP contribution in [-0.4, -0.2) is 38.9 Å². The number of carbonyl (C=O) groups is 2. The van der Waals surface area contributed by atoms with E-state index in [-0.39, 0.29) is 23.9 Å². The Morgan fingerprint density at radius 3 is 2.60 bits per heavy atom. The molecule has 0 unspecified atom stereocenters. The number of nitrogens with one attached hydrogen (secondary N) is 1. The highest BCUT2D eigenvalue weighted by Gasteiger charge is 2.51. The Kier molecular flexibility index (Phi) is 5.16. The van der Waals surface area contributed by atoms with Gasteiger partial charge in [0, 0.05) is 12.1 Å². The standard InChI is InChI=1S/C24H33N3O2S/c1-16-8-10-18(11-9-16)27-22(28)20-14-21-19(12-13-30-21)26(20)15-24(27,2)23(29)25-17-6-4-3-5-7-17/h12-14,16-18H,3-11,15H2,1-2H3,(H,25,29)/t16?,18?,24-/m0/s1. The summed E-state index contributed by atoms with van der Waals surface area (Å²) in [7, 11) is 0. The van der Waals surface area contributed by atoms with Crippen LogP contribution < -0.4 is 5.32 Å². The number of nitrogens with zero attached hydrogens (tertiary/aromatic N) is 2. The van der Waals surface area contributed by atoms with Crippen LogP contribution in [0.4, 0.5) is 0 Å². The molecule has 2 amide bonds. The summed E-state index contributed by atoms with van der Waals surface area (Å²) < 4.78 is 3.23. The summed E-state index contributed by atoms with van der Waals surface area (Å²) in [5.41, 5.74) is 0.982. The van der Waals surface area contributed by atoms with E-state index in [1.807, 2.05) is 17.9 Å². The average molecular weight is 428 g/mol. The van der Waals surface area contributed by atoms with Crippen LogP contribution in [0.3, 0.4) is 0 Å². The molecule has 1 N–H and O–H groups in total. The van der Waals surface area contributed by atoms with E-state index >= 15 is 0 Å². The van der Waals surface area contributed by atoms with E-state index < -0.39 is 5.54 Å². The molecular weight excluding hydrogens is 394 g/mol. The van der Waals surface area contributed by atoms with E-state index in [0.717, 1.165) is 54.4 Å². The van der Waals surface area contributed by atoms with Crippen molar-refractivity contribution in [3.63, 3.8) is 0 Å². The Balaban J connectivity index is 1.51. The van der Waals surface area contributed by atoms with E-state index in [0.29, 0.717) is 12.5 Å². The van der Waals surface area contributed by atoms with Crippen molar-refractivity contribution in [2.45, 2.75) is 95.8 Å². The molecule has 1 aliphatic heterocycles. The van der Waals surface area contributed by atoms with Crippen LogP contribution in [0.5, 0.6) is 0 Å². The summed E-state index contributed by atoms with van der Waals surface area (Å²) in [6.07, 6.45) is 9.99. The fourth-order valence-corrected chi connectivity index (χ4v) is 6.72. The predicted octanol–water partition coefficient (Wildman–Crippen LogP) is 4.94. The molecule has 0 saturated heterocycles. The quantitative estimate of drug-likeness (QED) is 0.754. The number of hydrogen-bond acceptors (Lipinski definition) is 3. The van der Waals surface area contributed by atoms with Crippen LogP contribution in [0.25, 0.3) is 10.2 Å². The van der Waals surface area contributed by atoms with E-state index in [1.165, 1.54) is 19.3 Å². The topological polar surface area (TPSA) is 54.3 Å². The predicted molar refractivity (Wildman–Crippen MR) is 121 cm³/mol. The maximum atomic E-state index is 13.8. The van der Waals surface area contributed by atoms with Gasteiger partial charge in [-0.05, 0) is 68.9 Å². The molecule has 0 radical (unpaired) electrons. The Morgan fingerprint density at radius 1 is 1.13 bits per heavy atom. The molecule has 2 aromatic rings. The normalized spacial score (nSPS) is 30.5. The summed E-state index contributed by atoms with van der Waals surface area (Å²) in [5, 5.41) is 5.42. The lowest BCUT2D eigenvalue weighted by atomic mass is 9.82. The zero-order chi connectivity index (χ0) is 20.9. The number of fused-ring (bicyclic) bond motifs is 3. The summed E-state index contributed by atoms with van der Waals surface area (Å²) in [6, 6.07) is 4.50. The van der Waals surface area contributed by atoms with Gasteiger partial charge in [-0.1, -0.05) is 26.2 Å². The first-order chi connectivity index (χ1) is 14.5. The molecule has 3 heterocycles. The van der Waals surface area contributed by atoms with Crippen molar-refractivity contribution < 1.29 is 9.59 Å². The Morgan fingerprint density at radius 2 is 1.87 bits per heavy atom. The highest BCUT2D eigenvalue weighted by Crippen LogP contribution is 2.39. The fourth-order valence-electron chi connectivity index (χ4n) is 5.89. The number of carbonyl (C=O) groups excluding carboxylic acids is 2. The zero-order valence-corrected chi connectivity index (χ0v) is 19.0. The molecule has 30 heavy (non-hydrogen) atoms. The molecule has 0 bridgehead atoms. The van der Waals surface area contributed by atoms with Gasteiger partial charge in [-0.3, -0.25) is 9.59 Å². The van der Waals surface area contributed by atoms with Gasteiger partial charge >= 0.3 is 0 Å². The van der Waals surface area contributed by atoms with Gasteiger partial charge in [0.15, 0.2) is 0 Å². The van der Waals surface area contributed by atoms with Crippen LogP contribution in [0.2, 0.25) is 0 Å². The first-order valence-electron chi connectivity index (χ1n) is 11.7. The SMILES string of the molecule is CC1CCC(N2C(=O)c3cc4sccc4n3C[C@@]2(C)C(=O)NC2CCCCC2)CC1. The van der Waals surface area contributed by atoms with Crippen molar-refractivity contribution in [3.8, 4) is 0 Å². The van der Waals surface area contributed by atoms with Gasteiger partial charge in [-0.2, -0.15) is 0 Å². The van der Waals surface area contributed by atoms with Gasteiger partial charge in [0.05, 0.1) is 16.8 Å². The molecule has 3 aliphatic rings. The minimum Gasteiger partial charge on any atom is -0.351 e. The van der Waals surface area contributed by atoms with E-state index in [1.54, 1.807) is 11.3 Å². The van der Waals surface area contributed by atoms with Crippen LogP contribution in [0.15, 0.2) is 17.5 Å². The molecule has 1 atom stereocenters. The monoisotopic (exact) mass is 427 g/mol. The van der Waals surface area contributed by atoms with Gasteiger partial charge in [-0.25, -0.2) is 0 Å². The van der Waals surface area contributed by atoms with Crippen molar-refractivity contribution in [1.29, 1.82) is 0 Å². The zero-order valence-electron chi connectivity index (χ0n) is 18.2. The average Bonchev–Trinajstić information content (AvgIpc) is 3.33. The van der Waals surface area contributed by atoms with E-state index in [4.69, 9.17) is 0 Å². The number of hydrogen-bond donors (Lipinski definition) is 1. The highest BCUT2D eigenvalue weighted by atomic mass is 32.1. The molecular formula is C24H33N3O2S. The lowest BCUT2D eigenvalue weighted by Gasteiger charge is -2.49. The van der Waals surface area contributed by atoms with Crippen LogP contribution >= 0.6 is 11.3 Å². The Hall–Kier alpha value is -1.82. The van der Waals surface area contributed by atoms with E-state index in [2.05, 4.69) is 28.3 Å². The van der Waals surface area contributed by atoms with Crippen LogP contribution in [0, 0.1) is 5.92 Å². The fraction of sp³-hybridized carbons (Fsp3) is 0.667. The number of amides is 2. The third-order valence-corrected chi connectivity index (χ3v) is 8.59. The highest BCUT2D eigenvalue weighted by molar-refractivity contribution is 7.17. The smallest absolute Gasteiger partial charge is 0.271 e. The van der Waals surface area contributed by atoms with Crippen LogP contribution in [0.1, 0.15) is 82.1 Å². The second-order valence-electron chi connectivity index (χ2n) is 9.96. The summed E-state index contributed by atoms with van der Waals surface area (Å²) >= 11 is 1.66. The molecule has 2 aliphatic carbocycles. The largest absolute Gasteiger partial charge is 0.351 e. The maximum absolute atomic E-state index is 13.8. The lowest BCUT2D eigenvalue weighted by molar-refractivity contribution is -0.135. The van der Waals surface area contributed by atoms with Crippen molar-refractivity contribution in [2.24, 2.45) is 5.92 Å². The molecule has 0 spiro atoms. The van der Waals surface area contributed by atoms with Crippen molar-refractivity contribution in [2.75, 3.05) is 0 Å². The number of rotatable bonds is 3. The molecule has 2 aromatic heterocycles. The molecule has 2 fully saturated rings. The second kappa shape index (κ2) is 7.70. The second-order valence-corrected chi connectivity index (χ2v) is 10.9. The first-order valence-corrected chi connectivity index (χ1v) is 12.6. The van der Waals surface area contributed by atoms with Crippen molar-refractivity contribution >= 4 is 33.4 Å². The van der Waals surface area contributed by atoms with E-state index in [9.17, 15) is 9.59 Å². The van der Waals surface area contributed by atoms with Crippen molar-refractivity contribution in [1.82, 2.24) is 14.8 Å². The minimum atomic E-state index is -0.847. The third kappa shape index (κ3) is 3.28. The summed E-state index contributed by atoms with van der Waals surface area (Å²) in [5.74, 6) is 0.771. The van der Waals surface area contributed by atoms with Gasteiger partial charge in [0.25, 0.3) is 5.91 Å². The maximum Gasteiger partial charge on any atom is 0.271 e. The van der Waals surface area contributed by atoms with Gasteiger partial charge in [0.1, 0.15) is 11.2 Å². The molecule has 162 valence electrons. The molecule has 0 aromatic carbocycles. The van der Waals surface area contributed by atoms with Gasteiger partial charge in [0.2, 0.25) is 5.91 Å². The van der Waals surface area contributed by atoms with Gasteiger partial charge < -0.3 is 14.8 Å². The Labute approximate surface area is 182 Å². The lowest BCUT2D eigenvalue weighted by Crippen LogP contribution is -2.67. The van der Waals surface area contributed by atoms with Crippen molar-refractivity contribution in [3.05, 3.63) is 23.2 Å². The summed E-state index contributed by atoms with van der Waals surface area (Å²) in [4.78, 5) is 29.5. The molecule has 5 rings (SSSR count). The third-order valence-electron chi connectivity index (χ3n) is 7.74. The molecule has 2 saturated carbocycles. The van der Waals surface area contributed by atoms with Crippen LogP contribution in [-0.2, 0) is 11.3 Å². The molecule has 6 heteroatoms. The molecule has 5 nitrogen and oxygen atoms in total. The minimum absolute atomic E-state index is 0.0316. The van der Waals surface area contributed by atoms with Gasteiger partial charge in [-0.15, -0.1) is 11.3 Å². The first kappa shape index (κ1) is 20.1. The Bertz CT molecular complexity index is 949. The number of thiophene rings is 1. The number of aromatic nitrogens is 1.